The minimum Gasteiger partial charge on any atom is -0.443 e. The standard InChI is InChI=1S/C24H28N4O5S2/c29-21-16-27(35(31,32)22-15-18-8-4-5-9-20(18)33-22)11-12-28(21)19(14-17-6-2-1-3-7-17)23(30)26-24-25-10-13-34-24/h4-5,8-10,13,15,17,19H,1-3,6-7,11-12,14,16H2,(H,25,26,30). The van der Waals surface area contributed by atoms with Gasteiger partial charge in [-0.15, -0.1) is 11.3 Å². The van der Waals surface area contributed by atoms with Gasteiger partial charge in [0.15, 0.2) is 5.13 Å². The quantitative estimate of drug-likeness (QED) is 0.512. The molecule has 186 valence electrons. The number of aromatic nitrogens is 1. The summed E-state index contributed by atoms with van der Waals surface area (Å²) in [5, 5.41) is 5.61. The van der Waals surface area contributed by atoms with Gasteiger partial charge in [-0.3, -0.25) is 9.59 Å². The summed E-state index contributed by atoms with van der Waals surface area (Å²) in [7, 11) is -3.98. The number of nitrogens with zero attached hydrogens (tertiary/aromatic N) is 3. The monoisotopic (exact) mass is 516 g/mol. The van der Waals surface area contributed by atoms with Gasteiger partial charge in [0.2, 0.25) is 16.9 Å². The van der Waals surface area contributed by atoms with Crippen LogP contribution in [0, 0.1) is 5.92 Å². The van der Waals surface area contributed by atoms with E-state index in [0.29, 0.717) is 28.4 Å². The summed E-state index contributed by atoms with van der Waals surface area (Å²) in [5.74, 6) is -0.292. The van der Waals surface area contributed by atoms with Crippen LogP contribution in [0.3, 0.4) is 0 Å². The number of nitrogens with one attached hydrogen (secondary N) is 1. The molecule has 2 aliphatic rings. The van der Waals surface area contributed by atoms with Gasteiger partial charge in [0.05, 0.1) is 6.54 Å². The second kappa shape index (κ2) is 10.1. The normalized spacial score (nSPS) is 19.2. The molecule has 0 radical (unpaired) electrons. The Labute approximate surface area is 208 Å². The number of fused-ring (bicyclic) bond motifs is 1. The van der Waals surface area contributed by atoms with Crippen LogP contribution in [-0.4, -0.2) is 60.1 Å². The van der Waals surface area contributed by atoms with Crippen molar-refractivity contribution in [2.24, 2.45) is 5.92 Å². The van der Waals surface area contributed by atoms with Crippen LogP contribution in [0.1, 0.15) is 38.5 Å². The molecule has 1 aliphatic heterocycles. The maximum atomic E-state index is 13.2. The summed E-state index contributed by atoms with van der Waals surface area (Å²) in [5.41, 5.74) is 0.474. The Morgan fingerprint density at radius 2 is 2.00 bits per heavy atom. The molecule has 3 heterocycles. The summed E-state index contributed by atoms with van der Waals surface area (Å²) in [4.78, 5) is 32.2. The first-order chi connectivity index (χ1) is 16.9. The molecule has 1 aliphatic carbocycles. The van der Waals surface area contributed by atoms with Crippen LogP contribution in [-0.2, 0) is 19.6 Å². The lowest BCUT2D eigenvalue weighted by Crippen LogP contribution is -2.58. The molecule has 5 rings (SSSR count). The highest BCUT2D eigenvalue weighted by atomic mass is 32.2. The maximum Gasteiger partial charge on any atom is 0.277 e. The summed E-state index contributed by atoms with van der Waals surface area (Å²) in [6, 6.07) is 7.87. The average molecular weight is 517 g/mol. The molecule has 2 aromatic heterocycles. The molecule has 2 fully saturated rings. The van der Waals surface area contributed by atoms with Crippen LogP contribution in [0.15, 0.2) is 51.4 Å². The number of hydrogen-bond acceptors (Lipinski definition) is 7. The number of amides is 2. The zero-order valence-corrected chi connectivity index (χ0v) is 20.9. The third-order valence-corrected chi connectivity index (χ3v) is 9.23. The third kappa shape index (κ3) is 5.12. The second-order valence-electron chi connectivity index (χ2n) is 9.11. The summed E-state index contributed by atoms with van der Waals surface area (Å²) < 4.78 is 33.1. The molecule has 0 spiro atoms. The molecule has 2 amide bonds. The number of carbonyl (C=O) groups is 2. The van der Waals surface area contributed by atoms with Crippen LogP contribution in [0.2, 0.25) is 0 Å². The fourth-order valence-electron chi connectivity index (χ4n) is 5.00. The maximum absolute atomic E-state index is 13.2. The Morgan fingerprint density at radius 3 is 2.71 bits per heavy atom. The van der Waals surface area contributed by atoms with Crippen molar-refractivity contribution in [3.05, 3.63) is 41.9 Å². The number of rotatable bonds is 7. The van der Waals surface area contributed by atoms with E-state index in [0.717, 1.165) is 30.0 Å². The molecular formula is C24H28N4O5S2. The predicted molar refractivity (Wildman–Crippen MR) is 132 cm³/mol. The molecule has 3 aromatic rings. The molecule has 1 atom stereocenters. The fourth-order valence-corrected chi connectivity index (χ4v) is 6.86. The van der Waals surface area contributed by atoms with E-state index in [1.54, 1.807) is 40.7 Å². The molecule has 35 heavy (non-hydrogen) atoms. The van der Waals surface area contributed by atoms with Gasteiger partial charge < -0.3 is 14.6 Å². The minimum absolute atomic E-state index is 0.0941. The first-order valence-electron chi connectivity index (χ1n) is 11.9. The van der Waals surface area contributed by atoms with E-state index in [4.69, 9.17) is 4.42 Å². The molecular weight excluding hydrogens is 488 g/mol. The highest BCUT2D eigenvalue weighted by Gasteiger charge is 2.40. The molecule has 9 nitrogen and oxygen atoms in total. The molecule has 1 saturated heterocycles. The van der Waals surface area contributed by atoms with Crippen LogP contribution in [0.4, 0.5) is 5.13 Å². The van der Waals surface area contributed by atoms with E-state index in [9.17, 15) is 18.0 Å². The van der Waals surface area contributed by atoms with E-state index in [1.807, 2.05) is 0 Å². The van der Waals surface area contributed by atoms with Crippen molar-refractivity contribution in [3.8, 4) is 0 Å². The van der Waals surface area contributed by atoms with Gasteiger partial charge in [-0.25, -0.2) is 13.4 Å². The highest BCUT2D eigenvalue weighted by Crippen LogP contribution is 2.31. The first kappa shape index (κ1) is 24.0. The van der Waals surface area contributed by atoms with Gasteiger partial charge in [-0.2, -0.15) is 4.31 Å². The molecule has 1 N–H and O–H groups in total. The molecule has 0 bridgehead atoms. The molecule has 11 heteroatoms. The van der Waals surface area contributed by atoms with Gasteiger partial charge in [0.25, 0.3) is 10.0 Å². The summed E-state index contributed by atoms with van der Waals surface area (Å²) in [6.07, 6.45) is 7.71. The lowest BCUT2D eigenvalue weighted by atomic mass is 9.84. The predicted octanol–water partition coefficient (Wildman–Crippen LogP) is 3.70. The van der Waals surface area contributed by atoms with E-state index in [2.05, 4.69) is 10.3 Å². The number of furan rings is 1. The van der Waals surface area contributed by atoms with E-state index >= 15 is 0 Å². The summed E-state index contributed by atoms with van der Waals surface area (Å²) >= 11 is 1.32. The Balaban J connectivity index is 1.33. The van der Waals surface area contributed by atoms with E-state index in [-0.39, 0.29) is 36.5 Å². The Morgan fingerprint density at radius 1 is 1.20 bits per heavy atom. The zero-order valence-electron chi connectivity index (χ0n) is 19.3. The topological polar surface area (TPSA) is 113 Å². The van der Waals surface area contributed by atoms with Crippen molar-refractivity contribution in [2.75, 3.05) is 25.0 Å². The van der Waals surface area contributed by atoms with Gasteiger partial charge in [-0.1, -0.05) is 50.3 Å². The van der Waals surface area contributed by atoms with Crippen LogP contribution >= 0.6 is 11.3 Å². The number of anilines is 1. The highest BCUT2D eigenvalue weighted by molar-refractivity contribution is 7.89. The van der Waals surface area contributed by atoms with Gasteiger partial charge >= 0.3 is 0 Å². The number of piperazine rings is 1. The SMILES string of the molecule is O=C(Nc1nccs1)C(CC1CCCCC1)N1CCN(S(=O)(=O)c2cc3ccccc3o2)CC1=O. The first-order valence-corrected chi connectivity index (χ1v) is 14.2. The van der Waals surface area contributed by atoms with Crippen molar-refractivity contribution in [3.63, 3.8) is 0 Å². The summed E-state index contributed by atoms with van der Waals surface area (Å²) in [6.45, 7) is -0.0944. The van der Waals surface area contributed by atoms with E-state index < -0.39 is 16.1 Å². The van der Waals surface area contributed by atoms with Crippen molar-refractivity contribution < 1.29 is 22.4 Å². The average Bonchev–Trinajstić information content (AvgIpc) is 3.53. The van der Waals surface area contributed by atoms with Crippen molar-refractivity contribution in [2.45, 2.75) is 49.7 Å². The number of para-hydroxylation sites is 1. The van der Waals surface area contributed by atoms with Crippen LogP contribution < -0.4 is 5.32 Å². The van der Waals surface area contributed by atoms with Crippen molar-refractivity contribution in [1.82, 2.24) is 14.2 Å². The van der Waals surface area contributed by atoms with Gasteiger partial charge in [0, 0.05) is 36.1 Å². The van der Waals surface area contributed by atoms with Crippen molar-refractivity contribution in [1.29, 1.82) is 0 Å². The molecule has 1 aromatic carbocycles. The fraction of sp³-hybridized carbons (Fsp3) is 0.458. The van der Waals surface area contributed by atoms with Gasteiger partial charge in [-0.05, 0) is 18.4 Å². The third-order valence-electron chi connectivity index (χ3n) is 6.84. The number of sulfonamides is 1. The smallest absolute Gasteiger partial charge is 0.277 e. The Kier molecular flexibility index (Phi) is 6.90. The minimum atomic E-state index is -3.98. The lowest BCUT2D eigenvalue weighted by Gasteiger charge is -2.39. The molecule has 1 unspecified atom stereocenters. The number of hydrogen-bond donors (Lipinski definition) is 1. The van der Waals surface area contributed by atoms with Crippen molar-refractivity contribution >= 4 is 49.3 Å². The number of carbonyl (C=O) groups excluding carboxylic acids is 2. The van der Waals surface area contributed by atoms with Crippen LogP contribution in [0.5, 0.6) is 0 Å². The van der Waals surface area contributed by atoms with Crippen LogP contribution in [0.25, 0.3) is 11.0 Å². The lowest BCUT2D eigenvalue weighted by molar-refractivity contribution is -0.142. The largest absolute Gasteiger partial charge is 0.443 e. The zero-order chi connectivity index (χ0) is 24.4. The molecule has 1 saturated carbocycles. The van der Waals surface area contributed by atoms with E-state index in [1.165, 1.54) is 23.8 Å². The number of thiazole rings is 1. The van der Waals surface area contributed by atoms with Gasteiger partial charge in [0.1, 0.15) is 11.6 Å². The Bertz CT molecular complexity index is 1270. The second-order valence-corrected chi connectivity index (χ2v) is 11.9. The Hall–Kier alpha value is -2.76. The number of benzene rings is 1.